The highest BCUT2D eigenvalue weighted by Gasteiger charge is 2.25. The Bertz CT molecular complexity index is 542. The average Bonchev–Trinajstić information content (AvgIpc) is 2.54. The van der Waals surface area contributed by atoms with Crippen molar-refractivity contribution in [2.75, 3.05) is 0 Å². The van der Waals surface area contributed by atoms with Gasteiger partial charge in [-0.15, -0.1) is 0 Å². The van der Waals surface area contributed by atoms with Gasteiger partial charge in [0.2, 0.25) is 0 Å². The number of hydrogen-bond donors (Lipinski definition) is 2. The van der Waals surface area contributed by atoms with Crippen LogP contribution in [0.25, 0.3) is 10.9 Å². The van der Waals surface area contributed by atoms with E-state index in [1.807, 2.05) is 31.2 Å². The molecule has 3 heteroatoms. The highest BCUT2D eigenvalue weighted by atomic mass is 16.1. The third kappa shape index (κ3) is 1.16. The van der Waals surface area contributed by atoms with Gasteiger partial charge in [0.25, 0.3) is 5.91 Å². The minimum atomic E-state index is 0.0428. The smallest absolute Gasteiger partial charge is 0.253 e. The number of benzene rings is 1. The maximum atomic E-state index is 11.8. The van der Waals surface area contributed by atoms with Crippen LogP contribution in [0.15, 0.2) is 24.3 Å². The molecule has 3 rings (SSSR count). The van der Waals surface area contributed by atoms with E-state index in [0.717, 1.165) is 28.6 Å². The summed E-state index contributed by atoms with van der Waals surface area (Å²) in [5.41, 5.74) is 2.93. The lowest BCUT2D eigenvalue weighted by molar-refractivity contribution is 0.0931. The molecule has 0 saturated carbocycles. The predicted octanol–water partition coefficient (Wildman–Crippen LogP) is 1.84. The van der Waals surface area contributed by atoms with Crippen LogP contribution in [0.3, 0.4) is 0 Å². The normalized spacial score (nSPS) is 20.1. The second-order valence-corrected chi connectivity index (χ2v) is 4.10. The van der Waals surface area contributed by atoms with E-state index >= 15 is 0 Å². The van der Waals surface area contributed by atoms with Gasteiger partial charge in [-0.25, -0.2) is 0 Å². The number of amides is 1. The zero-order valence-electron chi connectivity index (χ0n) is 8.50. The molecule has 0 fully saturated rings. The molecule has 1 atom stereocenters. The fraction of sp³-hybridized carbons (Fsp3) is 0.250. The number of carbonyl (C=O) groups excluding carboxylic acids is 1. The van der Waals surface area contributed by atoms with Crippen molar-refractivity contribution in [3.8, 4) is 0 Å². The Balaban J connectivity index is 2.32. The van der Waals surface area contributed by atoms with Crippen molar-refractivity contribution in [3.05, 3.63) is 35.5 Å². The summed E-state index contributed by atoms with van der Waals surface area (Å²) in [4.78, 5) is 15.2. The molecule has 1 aromatic heterocycles. The van der Waals surface area contributed by atoms with Gasteiger partial charge in [0.05, 0.1) is 5.56 Å². The maximum absolute atomic E-state index is 11.8. The molecule has 1 unspecified atom stereocenters. The van der Waals surface area contributed by atoms with Gasteiger partial charge in [0.15, 0.2) is 0 Å². The van der Waals surface area contributed by atoms with E-state index in [4.69, 9.17) is 0 Å². The summed E-state index contributed by atoms with van der Waals surface area (Å²) >= 11 is 0. The molecule has 1 amide bonds. The first-order chi connectivity index (χ1) is 7.25. The second-order valence-electron chi connectivity index (χ2n) is 4.10. The fourth-order valence-electron chi connectivity index (χ4n) is 2.26. The number of aromatic amines is 1. The van der Waals surface area contributed by atoms with Crippen LogP contribution in [-0.2, 0) is 6.42 Å². The Kier molecular flexibility index (Phi) is 1.63. The van der Waals surface area contributed by atoms with Gasteiger partial charge in [0, 0.05) is 29.1 Å². The highest BCUT2D eigenvalue weighted by molar-refractivity contribution is 6.09. The Labute approximate surface area is 87.5 Å². The average molecular weight is 200 g/mol. The van der Waals surface area contributed by atoms with Crippen molar-refractivity contribution >= 4 is 16.8 Å². The number of rotatable bonds is 0. The van der Waals surface area contributed by atoms with Crippen molar-refractivity contribution in [2.45, 2.75) is 19.4 Å². The zero-order chi connectivity index (χ0) is 10.4. The number of nitrogens with one attached hydrogen (secondary N) is 2. The first-order valence-electron chi connectivity index (χ1n) is 5.16. The molecule has 0 spiro atoms. The predicted molar refractivity (Wildman–Crippen MR) is 58.9 cm³/mol. The van der Waals surface area contributed by atoms with Gasteiger partial charge in [-0.1, -0.05) is 18.2 Å². The van der Waals surface area contributed by atoms with Gasteiger partial charge in [-0.3, -0.25) is 4.79 Å². The summed E-state index contributed by atoms with van der Waals surface area (Å²) in [6, 6.07) is 8.15. The molecular weight excluding hydrogens is 188 g/mol. The Morgan fingerprint density at radius 3 is 3.00 bits per heavy atom. The number of para-hydroxylation sites is 1. The van der Waals surface area contributed by atoms with E-state index in [1.165, 1.54) is 0 Å². The van der Waals surface area contributed by atoms with Crippen molar-refractivity contribution in [1.82, 2.24) is 10.3 Å². The van der Waals surface area contributed by atoms with Crippen molar-refractivity contribution in [1.29, 1.82) is 0 Å². The molecule has 0 bridgehead atoms. The number of fused-ring (bicyclic) bond motifs is 3. The van der Waals surface area contributed by atoms with Crippen LogP contribution in [0, 0.1) is 0 Å². The minimum absolute atomic E-state index is 0.0428. The standard InChI is InChI=1S/C12H12N2O/c1-7-6-10-11(12(15)13-7)8-4-2-3-5-9(8)14-10/h2-5,7,14H,6H2,1H3,(H,13,15). The molecular formula is C12H12N2O. The van der Waals surface area contributed by atoms with Crippen LogP contribution in [-0.4, -0.2) is 16.9 Å². The third-order valence-electron chi connectivity index (χ3n) is 2.90. The van der Waals surface area contributed by atoms with Crippen LogP contribution in [0.1, 0.15) is 23.0 Å². The molecule has 1 aliphatic rings. The number of hydrogen-bond acceptors (Lipinski definition) is 1. The van der Waals surface area contributed by atoms with Crippen LogP contribution in [0.4, 0.5) is 0 Å². The largest absolute Gasteiger partial charge is 0.358 e. The lowest BCUT2D eigenvalue weighted by Gasteiger charge is -2.19. The third-order valence-corrected chi connectivity index (χ3v) is 2.90. The van der Waals surface area contributed by atoms with Gasteiger partial charge < -0.3 is 10.3 Å². The summed E-state index contributed by atoms with van der Waals surface area (Å²) in [5.74, 6) is 0.0428. The van der Waals surface area contributed by atoms with E-state index in [9.17, 15) is 4.79 Å². The Morgan fingerprint density at radius 1 is 1.33 bits per heavy atom. The Hall–Kier alpha value is -1.77. The summed E-state index contributed by atoms with van der Waals surface area (Å²) in [5, 5.41) is 3.98. The number of H-pyrrole nitrogens is 1. The SMILES string of the molecule is CC1Cc2[nH]c3ccccc3c2C(=O)N1. The second kappa shape index (κ2) is 2.86. The first-order valence-corrected chi connectivity index (χ1v) is 5.16. The fourth-order valence-corrected chi connectivity index (χ4v) is 2.26. The molecule has 15 heavy (non-hydrogen) atoms. The van der Waals surface area contributed by atoms with Crippen LogP contribution < -0.4 is 5.32 Å². The lowest BCUT2D eigenvalue weighted by Crippen LogP contribution is -2.38. The molecule has 2 N–H and O–H groups in total. The summed E-state index contributed by atoms with van der Waals surface area (Å²) in [7, 11) is 0. The lowest BCUT2D eigenvalue weighted by atomic mass is 10.0. The van der Waals surface area contributed by atoms with Gasteiger partial charge >= 0.3 is 0 Å². The topological polar surface area (TPSA) is 44.9 Å². The number of carbonyl (C=O) groups is 1. The molecule has 0 radical (unpaired) electrons. The Morgan fingerprint density at radius 2 is 2.13 bits per heavy atom. The molecule has 1 aromatic carbocycles. The zero-order valence-corrected chi connectivity index (χ0v) is 8.50. The minimum Gasteiger partial charge on any atom is -0.358 e. The van der Waals surface area contributed by atoms with Crippen LogP contribution in [0.5, 0.6) is 0 Å². The number of aromatic nitrogens is 1. The van der Waals surface area contributed by atoms with E-state index in [2.05, 4.69) is 10.3 Å². The monoisotopic (exact) mass is 200 g/mol. The van der Waals surface area contributed by atoms with Crippen LogP contribution in [0.2, 0.25) is 0 Å². The molecule has 76 valence electrons. The summed E-state index contributed by atoms with van der Waals surface area (Å²) in [6.07, 6.45) is 0.885. The van der Waals surface area contributed by atoms with Gasteiger partial charge in [0.1, 0.15) is 0 Å². The summed E-state index contributed by atoms with van der Waals surface area (Å²) in [6.45, 7) is 2.02. The van der Waals surface area contributed by atoms with Gasteiger partial charge in [-0.2, -0.15) is 0 Å². The van der Waals surface area contributed by atoms with E-state index in [-0.39, 0.29) is 11.9 Å². The summed E-state index contributed by atoms with van der Waals surface area (Å²) < 4.78 is 0. The van der Waals surface area contributed by atoms with Crippen molar-refractivity contribution in [2.24, 2.45) is 0 Å². The van der Waals surface area contributed by atoms with Crippen molar-refractivity contribution in [3.63, 3.8) is 0 Å². The van der Waals surface area contributed by atoms with E-state index < -0.39 is 0 Å². The van der Waals surface area contributed by atoms with Crippen LogP contribution >= 0.6 is 0 Å². The van der Waals surface area contributed by atoms with Crippen molar-refractivity contribution < 1.29 is 4.79 Å². The maximum Gasteiger partial charge on any atom is 0.253 e. The quantitative estimate of drug-likeness (QED) is 0.669. The molecule has 0 aliphatic carbocycles. The molecule has 2 aromatic rings. The highest BCUT2D eigenvalue weighted by Crippen LogP contribution is 2.25. The van der Waals surface area contributed by atoms with E-state index in [1.54, 1.807) is 0 Å². The molecule has 1 aliphatic heterocycles. The van der Waals surface area contributed by atoms with Gasteiger partial charge in [-0.05, 0) is 13.0 Å². The molecule has 3 nitrogen and oxygen atoms in total. The molecule has 0 saturated heterocycles. The van der Waals surface area contributed by atoms with E-state index in [0.29, 0.717) is 0 Å². The molecule has 2 heterocycles. The first kappa shape index (κ1) is 8.53.